The molecule has 2 aromatic carbocycles. The van der Waals surface area contributed by atoms with Gasteiger partial charge in [0.05, 0.1) is 18.9 Å². The summed E-state index contributed by atoms with van der Waals surface area (Å²) in [5.74, 6) is 1.97. The van der Waals surface area contributed by atoms with Crippen LogP contribution < -0.4 is 24.3 Å². The van der Waals surface area contributed by atoms with Gasteiger partial charge in [-0.15, -0.1) is 0 Å². The van der Waals surface area contributed by atoms with Crippen LogP contribution in [-0.2, 0) is 4.79 Å². The number of fused-ring (bicyclic) bond motifs is 1. The maximum Gasteiger partial charge on any atom is 0.224 e. The number of hydrogen-bond acceptors (Lipinski definition) is 6. The Labute approximate surface area is 169 Å². The number of carbonyl (C=O) groups excluding carboxylic acids is 2. The molecule has 0 unspecified atom stereocenters. The van der Waals surface area contributed by atoms with Gasteiger partial charge in [-0.25, -0.2) is 0 Å². The largest absolute Gasteiger partial charge is 0.494 e. The number of nitrogens with one attached hydrogen (secondary N) is 1. The molecule has 29 heavy (non-hydrogen) atoms. The number of Topliss-reactive ketones (excluding diaryl/α,β-unsaturated/α-hetero) is 1. The van der Waals surface area contributed by atoms with Crippen molar-refractivity contribution in [2.75, 3.05) is 31.7 Å². The summed E-state index contributed by atoms with van der Waals surface area (Å²) >= 11 is 0. The van der Waals surface area contributed by atoms with Gasteiger partial charge in [0.15, 0.2) is 17.3 Å². The molecule has 2 aromatic rings. The van der Waals surface area contributed by atoms with E-state index in [4.69, 9.17) is 18.9 Å². The topological polar surface area (TPSA) is 83.1 Å². The van der Waals surface area contributed by atoms with Gasteiger partial charge in [0.1, 0.15) is 24.7 Å². The Morgan fingerprint density at radius 1 is 0.931 bits per heavy atom. The number of amides is 1. The van der Waals surface area contributed by atoms with E-state index >= 15 is 0 Å². The molecule has 0 saturated carbocycles. The number of benzene rings is 2. The number of ketones is 1. The van der Waals surface area contributed by atoms with Gasteiger partial charge in [0, 0.05) is 24.5 Å². The summed E-state index contributed by atoms with van der Waals surface area (Å²) in [6, 6.07) is 10.3. The van der Waals surface area contributed by atoms with E-state index in [0.29, 0.717) is 60.7 Å². The van der Waals surface area contributed by atoms with Crippen LogP contribution in [0.5, 0.6) is 23.0 Å². The van der Waals surface area contributed by atoms with E-state index in [1.165, 1.54) is 0 Å². The molecule has 154 valence electrons. The summed E-state index contributed by atoms with van der Waals surface area (Å²) in [5, 5.41) is 2.81. The number of ether oxygens (including phenoxy) is 4. The van der Waals surface area contributed by atoms with Gasteiger partial charge in [0.25, 0.3) is 0 Å². The Morgan fingerprint density at radius 3 is 2.45 bits per heavy atom. The van der Waals surface area contributed by atoms with Gasteiger partial charge in [-0.2, -0.15) is 0 Å². The molecule has 0 saturated heterocycles. The second-order valence-electron chi connectivity index (χ2n) is 6.35. The zero-order chi connectivity index (χ0) is 20.6. The van der Waals surface area contributed by atoms with Crippen molar-refractivity contribution in [2.45, 2.75) is 26.7 Å². The molecule has 1 aliphatic rings. The molecular formula is C22H25NO6. The molecular weight excluding hydrogens is 374 g/mol. The van der Waals surface area contributed by atoms with Crippen LogP contribution >= 0.6 is 0 Å². The lowest BCUT2D eigenvalue weighted by atomic mass is 10.1. The fourth-order valence-corrected chi connectivity index (χ4v) is 2.95. The van der Waals surface area contributed by atoms with Crippen LogP contribution in [0.1, 0.15) is 37.0 Å². The van der Waals surface area contributed by atoms with E-state index in [-0.39, 0.29) is 24.5 Å². The van der Waals surface area contributed by atoms with Gasteiger partial charge >= 0.3 is 0 Å². The van der Waals surface area contributed by atoms with E-state index in [0.717, 1.165) is 0 Å². The standard InChI is InChI=1S/C22H25NO6/c1-3-26-16-6-9-19(27-4-2)17(14-16)23-22(25)10-7-18(24)15-5-8-20-21(13-15)29-12-11-28-20/h5-6,8-9,13-14H,3-4,7,10-12H2,1-2H3,(H,23,25). The second kappa shape index (κ2) is 9.82. The summed E-state index contributed by atoms with van der Waals surface area (Å²) in [5.41, 5.74) is 1.02. The first-order valence-corrected chi connectivity index (χ1v) is 9.73. The van der Waals surface area contributed by atoms with E-state index in [1.807, 2.05) is 13.8 Å². The molecule has 0 fully saturated rings. The zero-order valence-electron chi connectivity index (χ0n) is 16.7. The van der Waals surface area contributed by atoms with Gasteiger partial charge in [-0.1, -0.05) is 0 Å². The van der Waals surface area contributed by atoms with E-state index in [1.54, 1.807) is 36.4 Å². The van der Waals surface area contributed by atoms with Gasteiger partial charge in [-0.05, 0) is 44.2 Å². The molecule has 7 heteroatoms. The quantitative estimate of drug-likeness (QED) is 0.645. The van der Waals surface area contributed by atoms with Crippen molar-refractivity contribution in [3.05, 3.63) is 42.0 Å². The molecule has 1 aliphatic heterocycles. The molecule has 1 amide bonds. The minimum atomic E-state index is -0.273. The van der Waals surface area contributed by atoms with Crippen LogP contribution in [0.2, 0.25) is 0 Å². The van der Waals surface area contributed by atoms with Gasteiger partial charge < -0.3 is 24.3 Å². The van der Waals surface area contributed by atoms with Crippen LogP contribution in [0.25, 0.3) is 0 Å². The Morgan fingerprint density at radius 2 is 1.69 bits per heavy atom. The summed E-state index contributed by atoms with van der Waals surface area (Å²) in [4.78, 5) is 24.9. The lowest BCUT2D eigenvalue weighted by molar-refractivity contribution is -0.116. The Balaban J connectivity index is 1.60. The highest BCUT2D eigenvalue weighted by molar-refractivity contribution is 6.00. The smallest absolute Gasteiger partial charge is 0.224 e. The molecule has 3 rings (SSSR count). The predicted molar refractivity (Wildman–Crippen MR) is 108 cm³/mol. The number of hydrogen-bond donors (Lipinski definition) is 1. The highest BCUT2D eigenvalue weighted by Gasteiger charge is 2.16. The molecule has 0 radical (unpaired) electrons. The number of anilines is 1. The normalized spacial score (nSPS) is 12.2. The molecule has 0 spiro atoms. The lowest BCUT2D eigenvalue weighted by Gasteiger charge is -2.18. The van der Waals surface area contributed by atoms with E-state index in [2.05, 4.69) is 5.32 Å². The molecule has 0 aliphatic carbocycles. The minimum absolute atomic E-state index is 0.0533. The molecule has 1 N–H and O–H groups in total. The third-order valence-corrected chi connectivity index (χ3v) is 4.28. The van der Waals surface area contributed by atoms with Crippen LogP contribution in [0, 0.1) is 0 Å². The highest BCUT2D eigenvalue weighted by atomic mass is 16.6. The Bertz CT molecular complexity index is 880. The third kappa shape index (κ3) is 5.40. The summed E-state index contributed by atoms with van der Waals surface area (Å²) in [6.45, 7) is 5.70. The lowest BCUT2D eigenvalue weighted by Crippen LogP contribution is -2.16. The van der Waals surface area contributed by atoms with Crippen LogP contribution in [0.4, 0.5) is 5.69 Å². The summed E-state index contributed by atoms with van der Waals surface area (Å²) in [7, 11) is 0. The van der Waals surface area contributed by atoms with E-state index in [9.17, 15) is 9.59 Å². The second-order valence-corrected chi connectivity index (χ2v) is 6.35. The van der Waals surface area contributed by atoms with Crippen LogP contribution in [-0.4, -0.2) is 38.1 Å². The molecule has 0 aromatic heterocycles. The number of rotatable bonds is 9. The van der Waals surface area contributed by atoms with Gasteiger partial charge in [-0.3, -0.25) is 9.59 Å². The van der Waals surface area contributed by atoms with Crippen molar-refractivity contribution in [1.82, 2.24) is 0 Å². The minimum Gasteiger partial charge on any atom is -0.494 e. The predicted octanol–water partition coefficient (Wildman–Crippen LogP) is 3.86. The summed E-state index contributed by atoms with van der Waals surface area (Å²) in [6.07, 6.45) is 0.137. The fraction of sp³-hybridized carbons (Fsp3) is 0.364. The first kappa shape index (κ1) is 20.5. The average molecular weight is 399 g/mol. The van der Waals surface area contributed by atoms with Crippen molar-refractivity contribution in [3.8, 4) is 23.0 Å². The van der Waals surface area contributed by atoms with Crippen molar-refractivity contribution in [3.63, 3.8) is 0 Å². The Hall–Kier alpha value is -3.22. The van der Waals surface area contributed by atoms with Gasteiger partial charge in [0.2, 0.25) is 5.91 Å². The highest BCUT2D eigenvalue weighted by Crippen LogP contribution is 2.32. The molecule has 7 nitrogen and oxygen atoms in total. The average Bonchev–Trinajstić information content (AvgIpc) is 2.74. The first-order valence-electron chi connectivity index (χ1n) is 9.73. The van der Waals surface area contributed by atoms with Crippen molar-refractivity contribution in [2.24, 2.45) is 0 Å². The number of carbonyl (C=O) groups is 2. The third-order valence-electron chi connectivity index (χ3n) is 4.28. The van der Waals surface area contributed by atoms with Crippen molar-refractivity contribution < 1.29 is 28.5 Å². The molecule has 0 atom stereocenters. The zero-order valence-corrected chi connectivity index (χ0v) is 16.7. The van der Waals surface area contributed by atoms with E-state index < -0.39 is 0 Å². The van der Waals surface area contributed by atoms with Crippen LogP contribution in [0.3, 0.4) is 0 Å². The summed E-state index contributed by atoms with van der Waals surface area (Å²) < 4.78 is 22.0. The Kier molecular flexibility index (Phi) is 6.94. The molecule has 1 heterocycles. The van der Waals surface area contributed by atoms with Crippen LogP contribution in [0.15, 0.2) is 36.4 Å². The maximum atomic E-state index is 12.5. The van der Waals surface area contributed by atoms with Crippen molar-refractivity contribution >= 4 is 17.4 Å². The van der Waals surface area contributed by atoms with Crippen molar-refractivity contribution in [1.29, 1.82) is 0 Å². The molecule has 0 bridgehead atoms. The monoisotopic (exact) mass is 399 g/mol. The fourth-order valence-electron chi connectivity index (χ4n) is 2.95. The first-order chi connectivity index (χ1) is 14.1. The maximum absolute atomic E-state index is 12.5. The SMILES string of the molecule is CCOc1ccc(OCC)c(NC(=O)CCC(=O)c2ccc3c(c2)OCCO3)c1.